The quantitative estimate of drug-likeness (QED) is 0.525. The molecule has 1 unspecified atom stereocenters. The van der Waals surface area contributed by atoms with Crippen molar-refractivity contribution in [3.63, 3.8) is 0 Å². The van der Waals surface area contributed by atoms with Crippen molar-refractivity contribution >= 4 is 25.7 Å². The smallest absolute Gasteiger partial charge is 0.219 e. The second kappa shape index (κ2) is 9.61. The van der Waals surface area contributed by atoms with Crippen molar-refractivity contribution in [3.05, 3.63) is 41.1 Å². The van der Waals surface area contributed by atoms with E-state index in [0.717, 1.165) is 51.4 Å². The maximum absolute atomic E-state index is 12.3. The van der Waals surface area contributed by atoms with E-state index in [2.05, 4.69) is 67.7 Å². The largest absolute Gasteiger partial charge is 0.416 e. The number of nitrogens with zero attached hydrogens (tertiary/aromatic N) is 4. The number of carbonyl (C=O) groups excluding carboxylic acids is 1. The molecular weight excluding hydrogens is 468 g/mol. The topological polar surface area (TPSA) is 59.8 Å². The Kier molecular flexibility index (Phi) is 6.81. The Morgan fingerprint density at radius 3 is 2.72 bits per heavy atom. The number of hydrogen-bond donors (Lipinski definition) is 0. The predicted molar refractivity (Wildman–Crippen MR) is 145 cm³/mol. The number of benzene rings is 1. The summed E-state index contributed by atoms with van der Waals surface area (Å²) in [7, 11) is -1.84. The van der Waals surface area contributed by atoms with Gasteiger partial charge in [-0.25, -0.2) is 0 Å². The van der Waals surface area contributed by atoms with Gasteiger partial charge in [-0.05, 0) is 42.6 Å². The normalized spacial score (nSPS) is 22.5. The summed E-state index contributed by atoms with van der Waals surface area (Å²) >= 11 is 0. The fraction of sp³-hybridized carbons (Fsp3) is 0.643. The summed E-state index contributed by atoms with van der Waals surface area (Å²) in [6, 6.07) is 8.99. The zero-order chi connectivity index (χ0) is 25.7. The summed E-state index contributed by atoms with van der Waals surface area (Å²) in [6.07, 6.45) is 2.84. The first kappa shape index (κ1) is 25.5. The molecule has 3 aliphatic heterocycles. The van der Waals surface area contributed by atoms with Gasteiger partial charge in [0, 0.05) is 62.5 Å². The first-order chi connectivity index (χ1) is 17.0. The van der Waals surface area contributed by atoms with E-state index >= 15 is 0 Å². The van der Waals surface area contributed by atoms with Crippen LogP contribution >= 0.6 is 0 Å². The molecule has 0 radical (unpaired) electrons. The van der Waals surface area contributed by atoms with Crippen LogP contribution in [0.1, 0.15) is 57.0 Å². The van der Waals surface area contributed by atoms with Crippen LogP contribution in [0.3, 0.4) is 0 Å². The van der Waals surface area contributed by atoms with Crippen LogP contribution in [-0.4, -0.2) is 61.8 Å². The fourth-order valence-corrected chi connectivity index (χ4v) is 6.55. The molecule has 5 rings (SSSR count). The van der Waals surface area contributed by atoms with Crippen LogP contribution < -0.4 is 4.90 Å². The Morgan fingerprint density at radius 1 is 1.25 bits per heavy atom. The number of fused-ring (bicyclic) bond motifs is 2. The monoisotopic (exact) mass is 510 g/mol. The third-order valence-electron chi connectivity index (χ3n) is 8.74. The molecule has 36 heavy (non-hydrogen) atoms. The molecule has 1 fully saturated rings. The molecule has 4 heterocycles. The first-order valence-corrected chi connectivity index (χ1v) is 16.4. The van der Waals surface area contributed by atoms with E-state index in [1.54, 1.807) is 6.92 Å². The maximum atomic E-state index is 12.3. The Labute approximate surface area is 216 Å². The summed E-state index contributed by atoms with van der Waals surface area (Å²) in [5.41, 5.74) is 5.05. The zero-order valence-electron chi connectivity index (χ0n) is 22.8. The molecule has 8 heteroatoms. The van der Waals surface area contributed by atoms with E-state index in [0.29, 0.717) is 19.1 Å². The number of hydrogen-bond acceptors (Lipinski definition) is 5. The van der Waals surface area contributed by atoms with E-state index in [-0.39, 0.29) is 17.0 Å². The van der Waals surface area contributed by atoms with Crippen LogP contribution in [0.4, 0.5) is 11.5 Å². The second-order valence-corrected chi connectivity index (χ2v) is 17.1. The lowest BCUT2D eigenvalue weighted by atomic mass is 9.92. The minimum absolute atomic E-state index is 0.128. The molecular formula is C28H42N4O3Si. The molecule has 7 nitrogen and oxygen atoms in total. The Morgan fingerprint density at radius 2 is 2.03 bits per heavy atom. The molecule has 2 aromatic rings. The molecule has 1 aromatic carbocycles. The van der Waals surface area contributed by atoms with Crippen LogP contribution in [0.5, 0.6) is 0 Å². The number of rotatable bonds is 5. The molecule has 1 amide bonds. The molecule has 0 spiro atoms. The number of aromatic nitrogens is 2. The summed E-state index contributed by atoms with van der Waals surface area (Å²) in [5.74, 6) is 1.52. The molecule has 3 aliphatic rings. The molecule has 1 saturated heterocycles. The molecule has 2 atom stereocenters. The minimum Gasteiger partial charge on any atom is -0.416 e. The summed E-state index contributed by atoms with van der Waals surface area (Å²) in [5, 5.41) is 5.46. The molecule has 0 N–H and O–H groups in total. The lowest BCUT2D eigenvalue weighted by Gasteiger charge is -2.40. The highest BCUT2D eigenvalue weighted by molar-refractivity contribution is 6.74. The van der Waals surface area contributed by atoms with Crippen molar-refractivity contribution in [2.75, 3.05) is 37.8 Å². The van der Waals surface area contributed by atoms with E-state index in [4.69, 9.17) is 14.3 Å². The number of amides is 1. The number of anilines is 2. The van der Waals surface area contributed by atoms with Gasteiger partial charge < -0.3 is 19.0 Å². The maximum Gasteiger partial charge on any atom is 0.219 e. The lowest BCUT2D eigenvalue weighted by molar-refractivity contribution is -0.129. The highest BCUT2D eigenvalue weighted by atomic mass is 28.4. The zero-order valence-corrected chi connectivity index (χ0v) is 23.8. The standard InChI is InChI=1S/C28H42N4O3Si/c1-20(33)30-13-11-26-24(17-30)27(29-32(26)23-12-14-34-19-23)31-16-21(15-22-9-7-8-10-25(22)31)18-35-36(5,6)28(2,3)4/h7-10,21,23H,11-19H2,1-6H3/t21?,23-/m0/s1. The number of ether oxygens (including phenoxy) is 1. The van der Waals surface area contributed by atoms with Crippen molar-refractivity contribution < 1.29 is 14.0 Å². The van der Waals surface area contributed by atoms with Crippen molar-refractivity contribution in [2.45, 2.75) is 77.7 Å². The van der Waals surface area contributed by atoms with Gasteiger partial charge >= 0.3 is 0 Å². The molecule has 0 saturated carbocycles. The van der Waals surface area contributed by atoms with Crippen LogP contribution in [0, 0.1) is 5.92 Å². The number of carbonyl (C=O) groups is 1. The third kappa shape index (κ3) is 4.75. The van der Waals surface area contributed by atoms with Crippen molar-refractivity contribution in [1.29, 1.82) is 0 Å². The van der Waals surface area contributed by atoms with Gasteiger partial charge in [-0.3, -0.25) is 9.48 Å². The summed E-state index contributed by atoms with van der Waals surface area (Å²) in [6.45, 7) is 17.7. The van der Waals surface area contributed by atoms with Gasteiger partial charge in [0.05, 0.1) is 19.2 Å². The van der Waals surface area contributed by atoms with Crippen molar-refractivity contribution in [3.8, 4) is 0 Å². The van der Waals surface area contributed by atoms with Gasteiger partial charge in [-0.15, -0.1) is 0 Å². The SMILES string of the molecule is CC(=O)N1CCc2c(c(N3CC(CO[Si](C)(C)C(C)(C)C)Cc4ccccc43)nn2[C@H]2CCOC2)C1. The molecule has 0 aliphatic carbocycles. The fourth-order valence-electron chi connectivity index (χ4n) is 5.46. The highest BCUT2D eigenvalue weighted by Gasteiger charge is 2.39. The summed E-state index contributed by atoms with van der Waals surface area (Å²) < 4.78 is 14.7. The number of para-hydroxylation sites is 1. The van der Waals surface area contributed by atoms with Gasteiger partial charge in [0.25, 0.3) is 0 Å². The van der Waals surface area contributed by atoms with Gasteiger partial charge in [0.15, 0.2) is 14.1 Å². The molecule has 196 valence electrons. The second-order valence-electron chi connectivity index (χ2n) is 12.3. The van der Waals surface area contributed by atoms with Crippen molar-refractivity contribution in [1.82, 2.24) is 14.7 Å². The minimum atomic E-state index is -1.84. The Hall–Kier alpha value is -2.16. The van der Waals surface area contributed by atoms with Gasteiger partial charge in [0.2, 0.25) is 5.91 Å². The first-order valence-electron chi connectivity index (χ1n) is 13.5. The summed E-state index contributed by atoms with van der Waals surface area (Å²) in [4.78, 5) is 16.7. The van der Waals surface area contributed by atoms with Crippen LogP contribution in [0.25, 0.3) is 0 Å². The van der Waals surface area contributed by atoms with E-state index < -0.39 is 8.32 Å². The van der Waals surface area contributed by atoms with Gasteiger partial charge in [-0.2, -0.15) is 5.10 Å². The van der Waals surface area contributed by atoms with Crippen LogP contribution in [0.15, 0.2) is 24.3 Å². The Balaban J connectivity index is 1.50. The average Bonchev–Trinajstić information content (AvgIpc) is 3.49. The van der Waals surface area contributed by atoms with E-state index in [1.807, 2.05) is 4.90 Å². The lowest BCUT2D eigenvalue weighted by Crippen LogP contribution is -2.44. The van der Waals surface area contributed by atoms with Crippen molar-refractivity contribution in [2.24, 2.45) is 5.92 Å². The Bertz CT molecular complexity index is 1120. The van der Waals surface area contributed by atoms with E-state index in [1.165, 1.54) is 22.5 Å². The third-order valence-corrected chi connectivity index (χ3v) is 13.2. The highest BCUT2D eigenvalue weighted by Crippen LogP contribution is 2.41. The van der Waals surface area contributed by atoms with Crippen LogP contribution in [0.2, 0.25) is 18.1 Å². The van der Waals surface area contributed by atoms with Gasteiger partial charge in [-0.1, -0.05) is 39.0 Å². The van der Waals surface area contributed by atoms with Gasteiger partial charge in [0.1, 0.15) is 0 Å². The predicted octanol–water partition coefficient (Wildman–Crippen LogP) is 5.08. The van der Waals surface area contributed by atoms with Crippen LogP contribution in [-0.2, 0) is 33.3 Å². The average molecular weight is 511 g/mol. The van der Waals surface area contributed by atoms with E-state index in [9.17, 15) is 4.79 Å². The molecule has 0 bridgehead atoms. The molecule has 1 aromatic heterocycles.